The Morgan fingerprint density at radius 2 is 1.68 bits per heavy atom. The van der Waals surface area contributed by atoms with Crippen LogP contribution in [-0.4, -0.2) is 16.8 Å². The molecule has 0 fully saturated rings. The van der Waals surface area contributed by atoms with Crippen molar-refractivity contribution in [3.05, 3.63) is 72.1 Å². The highest BCUT2D eigenvalue weighted by atomic mass is 16.2. The predicted molar refractivity (Wildman–Crippen MR) is 72.2 cm³/mol. The fourth-order valence-electron chi connectivity index (χ4n) is 1.47. The van der Waals surface area contributed by atoms with Crippen molar-refractivity contribution in [3.63, 3.8) is 0 Å². The maximum atomic E-state index is 11.7. The van der Waals surface area contributed by atoms with Gasteiger partial charge in [-0.3, -0.25) is 19.9 Å². The number of benzene rings is 1. The monoisotopic (exact) mass is 252 g/mol. The maximum Gasteiger partial charge on any atom is 0.258 e. The van der Waals surface area contributed by atoms with Crippen molar-refractivity contribution in [2.24, 2.45) is 0 Å². The van der Waals surface area contributed by atoms with E-state index in [1.165, 1.54) is 18.5 Å². The summed E-state index contributed by atoms with van der Waals surface area (Å²) in [7, 11) is 0. The van der Waals surface area contributed by atoms with Gasteiger partial charge >= 0.3 is 0 Å². The van der Waals surface area contributed by atoms with Gasteiger partial charge in [-0.05, 0) is 23.8 Å². The highest BCUT2D eigenvalue weighted by Crippen LogP contribution is 2.01. The molecule has 0 aliphatic rings. The standard InChI is InChI=1S/C15H12N2O2/c18-14(7-6-12-4-2-1-3-5-12)17-15(19)13-8-10-16-11-9-13/h1-11H,(H,17,18,19). The number of pyridine rings is 1. The van der Waals surface area contributed by atoms with E-state index < -0.39 is 11.8 Å². The quantitative estimate of drug-likeness (QED) is 0.850. The fraction of sp³-hybridized carbons (Fsp3) is 0. The largest absolute Gasteiger partial charge is 0.289 e. The van der Waals surface area contributed by atoms with Crippen molar-refractivity contribution in [2.75, 3.05) is 0 Å². The van der Waals surface area contributed by atoms with Gasteiger partial charge < -0.3 is 0 Å². The topological polar surface area (TPSA) is 59.1 Å². The molecular weight excluding hydrogens is 240 g/mol. The van der Waals surface area contributed by atoms with Crippen molar-refractivity contribution >= 4 is 17.9 Å². The van der Waals surface area contributed by atoms with Crippen LogP contribution >= 0.6 is 0 Å². The molecule has 4 nitrogen and oxygen atoms in total. The Balaban J connectivity index is 1.95. The first-order valence-corrected chi connectivity index (χ1v) is 5.74. The molecule has 0 saturated carbocycles. The third kappa shape index (κ3) is 3.89. The van der Waals surface area contributed by atoms with Gasteiger partial charge in [0.15, 0.2) is 0 Å². The minimum Gasteiger partial charge on any atom is -0.289 e. The number of carbonyl (C=O) groups is 2. The molecule has 1 aromatic carbocycles. The number of nitrogens with zero attached hydrogens (tertiary/aromatic N) is 1. The van der Waals surface area contributed by atoms with E-state index in [0.29, 0.717) is 5.56 Å². The molecule has 1 aromatic heterocycles. The molecule has 1 N–H and O–H groups in total. The van der Waals surface area contributed by atoms with Crippen molar-refractivity contribution in [1.82, 2.24) is 10.3 Å². The summed E-state index contributed by atoms with van der Waals surface area (Å²) in [5.74, 6) is -0.893. The second-order valence-corrected chi connectivity index (χ2v) is 3.80. The molecule has 94 valence electrons. The minimum absolute atomic E-state index is 0.400. The first kappa shape index (κ1) is 12.7. The highest BCUT2D eigenvalue weighted by Gasteiger charge is 2.06. The van der Waals surface area contributed by atoms with Gasteiger partial charge in [-0.25, -0.2) is 0 Å². The van der Waals surface area contributed by atoms with Crippen LogP contribution in [0, 0.1) is 0 Å². The van der Waals surface area contributed by atoms with Gasteiger partial charge in [0.2, 0.25) is 0 Å². The molecule has 0 aliphatic carbocycles. The molecular formula is C15H12N2O2. The van der Waals surface area contributed by atoms with Crippen molar-refractivity contribution in [2.45, 2.75) is 0 Å². The Kier molecular flexibility index (Phi) is 4.18. The Morgan fingerprint density at radius 1 is 1.00 bits per heavy atom. The predicted octanol–water partition coefficient (Wildman–Crippen LogP) is 2.05. The Bertz CT molecular complexity index is 592. The number of carbonyl (C=O) groups excluding carboxylic acids is 2. The van der Waals surface area contributed by atoms with E-state index in [1.807, 2.05) is 30.3 Å². The molecule has 0 unspecified atom stereocenters. The molecule has 2 amide bonds. The number of imide groups is 1. The van der Waals surface area contributed by atoms with Crippen LogP contribution in [0.4, 0.5) is 0 Å². The van der Waals surface area contributed by atoms with E-state index in [-0.39, 0.29) is 0 Å². The van der Waals surface area contributed by atoms with Crippen LogP contribution in [0.25, 0.3) is 6.08 Å². The smallest absolute Gasteiger partial charge is 0.258 e. The zero-order valence-corrected chi connectivity index (χ0v) is 10.1. The van der Waals surface area contributed by atoms with Crippen molar-refractivity contribution in [1.29, 1.82) is 0 Å². The second-order valence-electron chi connectivity index (χ2n) is 3.80. The zero-order valence-electron chi connectivity index (χ0n) is 10.1. The van der Waals surface area contributed by atoms with Gasteiger partial charge in [0.05, 0.1) is 0 Å². The van der Waals surface area contributed by atoms with Gasteiger partial charge in [-0.2, -0.15) is 0 Å². The number of amides is 2. The third-order valence-electron chi connectivity index (χ3n) is 2.41. The summed E-state index contributed by atoms with van der Waals surface area (Å²) >= 11 is 0. The number of nitrogens with one attached hydrogen (secondary N) is 1. The molecule has 0 atom stereocenters. The van der Waals surface area contributed by atoms with E-state index in [1.54, 1.807) is 18.2 Å². The zero-order chi connectivity index (χ0) is 13.5. The van der Waals surface area contributed by atoms with Crippen molar-refractivity contribution in [3.8, 4) is 0 Å². The average Bonchev–Trinajstić information content (AvgIpc) is 2.47. The summed E-state index contributed by atoms with van der Waals surface area (Å²) in [6, 6.07) is 12.5. The van der Waals surface area contributed by atoms with Crippen LogP contribution in [0.2, 0.25) is 0 Å². The summed E-state index contributed by atoms with van der Waals surface area (Å²) in [6.45, 7) is 0. The van der Waals surface area contributed by atoms with E-state index in [9.17, 15) is 9.59 Å². The number of rotatable bonds is 3. The van der Waals surface area contributed by atoms with Gasteiger partial charge in [0.1, 0.15) is 0 Å². The lowest BCUT2D eigenvalue weighted by Crippen LogP contribution is -2.28. The van der Waals surface area contributed by atoms with Gasteiger partial charge in [-0.1, -0.05) is 30.3 Å². The molecule has 2 aromatic rings. The Hall–Kier alpha value is -2.75. The summed E-state index contributed by atoms with van der Waals surface area (Å²) in [4.78, 5) is 27.0. The maximum absolute atomic E-state index is 11.7. The second kappa shape index (κ2) is 6.26. The number of hydrogen-bond acceptors (Lipinski definition) is 3. The molecule has 1 heterocycles. The molecule has 0 spiro atoms. The number of aromatic nitrogens is 1. The van der Waals surface area contributed by atoms with Crippen LogP contribution < -0.4 is 5.32 Å². The van der Waals surface area contributed by atoms with Crippen LogP contribution in [0.5, 0.6) is 0 Å². The van der Waals surface area contributed by atoms with E-state index >= 15 is 0 Å². The summed E-state index contributed by atoms with van der Waals surface area (Å²) in [5, 5.41) is 2.27. The van der Waals surface area contributed by atoms with E-state index in [0.717, 1.165) is 5.56 Å². The average molecular weight is 252 g/mol. The fourth-order valence-corrected chi connectivity index (χ4v) is 1.47. The molecule has 0 bridgehead atoms. The van der Waals surface area contributed by atoms with Crippen LogP contribution in [0.1, 0.15) is 15.9 Å². The molecule has 4 heteroatoms. The van der Waals surface area contributed by atoms with Crippen molar-refractivity contribution < 1.29 is 9.59 Å². The molecule has 0 saturated heterocycles. The van der Waals surface area contributed by atoms with E-state index in [2.05, 4.69) is 10.3 Å². The van der Waals surface area contributed by atoms with Gasteiger partial charge in [0.25, 0.3) is 11.8 Å². The normalized spacial score (nSPS) is 10.3. The summed E-state index contributed by atoms with van der Waals surface area (Å²) in [6.07, 6.45) is 5.97. The third-order valence-corrected chi connectivity index (χ3v) is 2.41. The first-order chi connectivity index (χ1) is 9.25. The van der Waals surface area contributed by atoms with E-state index in [4.69, 9.17) is 0 Å². The lowest BCUT2D eigenvalue weighted by Gasteiger charge is -2.00. The Labute approximate surface area is 110 Å². The summed E-state index contributed by atoms with van der Waals surface area (Å²) in [5.41, 5.74) is 1.30. The first-order valence-electron chi connectivity index (χ1n) is 5.74. The molecule has 2 rings (SSSR count). The molecule has 0 aliphatic heterocycles. The molecule has 0 radical (unpaired) electrons. The Morgan fingerprint density at radius 3 is 2.37 bits per heavy atom. The highest BCUT2D eigenvalue weighted by molar-refractivity contribution is 6.08. The lowest BCUT2D eigenvalue weighted by atomic mass is 10.2. The van der Waals surface area contributed by atoms with Gasteiger partial charge in [-0.15, -0.1) is 0 Å². The number of hydrogen-bond donors (Lipinski definition) is 1. The van der Waals surface area contributed by atoms with Crippen LogP contribution in [0.15, 0.2) is 60.9 Å². The SMILES string of the molecule is O=C(C=Cc1ccccc1)NC(=O)c1ccncc1. The van der Waals surface area contributed by atoms with Crippen LogP contribution in [0.3, 0.4) is 0 Å². The molecule has 19 heavy (non-hydrogen) atoms. The minimum atomic E-state index is -0.453. The summed E-state index contributed by atoms with van der Waals surface area (Å²) < 4.78 is 0. The lowest BCUT2D eigenvalue weighted by molar-refractivity contribution is -0.115. The van der Waals surface area contributed by atoms with Gasteiger partial charge in [0, 0.05) is 24.0 Å². The van der Waals surface area contributed by atoms with Crippen LogP contribution in [-0.2, 0) is 4.79 Å².